The van der Waals surface area contributed by atoms with Crippen molar-refractivity contribution >= 4 is 21.6 Å². The number of halogens is 1. The topological polar surface area (TPSA) is 51.8 Å². The van der Waals surface area contributed by atoms with Gasteiger partial charge in [0.05, 0.1) is 21.4 Å². The lowest BCUT2D eigenvalue weighted by molar-refractivity contribution is 0.574. The van der Waals surface area contributed by atoms with Crippen LogP contribution in [0.3, 0.4) is 0 Å². The van der Waals surface area contributed by atoms with Crippen LogP contribution < -0.4 is 5.73 Å². The third-order valence-electron chi connectivity index (χ3n) is 2.94. The van der Waals surface area contributed by atoms with Gasteiger partial charge in [-0.1, -0.05) is 12.1 Å². The van der Waals surface area contributed by atoms with E-state index >= 15 is 0 Å². The molecular formula is C14H12FN3S. The summed E-state index contributed by atoms with van der Waals surface area (Å²) in [5.41, 5.74) is 7.49. The first-order valence-electron chi connectivity index (χ1n) is 5.93. The van der Waals surface area contributed by atoms with Gasteiger partial charge in [0.2, 0.25) is 0 Å². The number of aromatic nitrogens is 2. The zero-order chi connectivity index (χ0) is 13.2. The molecule has 1 unspecified atom stereocenters. The van der Waals surface area contributed by atoms with E-state index in [0.717, 1.165) is 15.2 Å². The van der Waals surface area contributed by atoms with Crippen LogP contribution in [-0.2, 0) is 6.42 Å². The Hall–Kier alpha value is -1.85. The predicted molar refractivity (Wildman–Crippen MR) is 74.4 cm³/mol. The maximum atomic E-state index is 13.6. The van der Waals surface area contributed by atoms with Gasteiger partial charge in [-0.05, 0) is 18.2 Å². The third kappa shape index (κ3) is 2.47. The number of nitrogens with two attached hydrogens (primary N) is 1. The lowest BCUT2D eigenvalue weighted by Gasteiger charge is -2.10. The van der Waals surface area contributed by atoms with E-state index in [1.165, 1.54) is 6.20 Å². The molecule has 2 N–H and O–H groups in total. The molecule has 0 fully saturated rings. The Morgan fingerprint density at radius 2 is 2.11 bits per heavy atom. The van der Waals surface area contributed by atoms with Crippen molar-refractivity contribution in [3.63, 3.8) is 0 Å². The fourth-order valence-corrected chi connectivity index (χ4v) is 3.02. The van der Waals surface area contributed by atoms with E-state index in [4.69, 9.17) is 5.73 Å². The summed E-state index contributed by atoms with van der Waals surface area (Å²) in [5.74, 6) is -0.365. The molecular weight excluding hydrogens is 261 g/mol. The van der Waals surface area contributed by atoms with E-state index in [1.54, 1.807) is 23.6 Å². The third-order valence-corrected chi connectivity index (χ3v) is 3.99. The molecule has 0 bridgehead atoms. The van der Waals surface area contributed by atoms with Gasteiger partial charge in [-0.25, -0.2) is 9.37 Å². The summed E-state index contributed by atoms with van der Waals surface area (Å²) in [6.45, 7) is 0. The van der Waals surface area contributed by atoms with Crippen LogP contribution in [0.5, 0.6) is 0 Å². The molecule has 1 atom stereocenters. The smallest absolute Gasteiger partial charge is 0.146 e. The summed E-state index contributed by atoms with van der Waals surface area (Å²) < 4.78 is 14.7. The second kappa shape index (κ2) is 5.03. The first kappa shape index (κ1) is 12.2. The Balaban J connectivity index is 1.86. The van der Waals surface area contributed by atoms with Gasteiger partial charge < -0.3 is 5.73 Å². The van der Waals surface area contributed by atoms with Crippen LogP contribution in [0.4, 0.5) is 4.39 Å². The van der Waals surface area contributed by atoms with Crippen LogP contribution >= 0.6 is 11.3 Å². The van der Waals surface area contributed by atoms with E-state index in [9.17, 15) is 4.39 Å². The molecule has 2 aromatic heterocycles. The van der Waals surface area contributed by atoms with E-state index in [1.807, 2.05) is 24.3 Å². The van der Waals surface area contributed by atoms with Crippen molar-refractivity contribution in [2.75, 3.05) is 0 Å². The van der Waals surface area contributed by atoms with Crippen molar-refractivity contribution in [3.05, 3.63) is 59.1 Å². The van der Waals surface area contributed by atoms with Crippen LogP contribution in [0.25, 0.3) is 10.2 Å². The maximum absolute atomic E-state index is 13.6. The quantitative estimate of drug-likeness (QED) is 0.798. The fourth-order valence-electron chi connectivity index (χ4n) is 1.99. The molecule has 0 saturated heterocycles. The van der Waals surface area contributed by atoms with E-state index in [2.05, 4.69) is 9.97 Å². The number of nitrogens with zero attached hydrogens (tertiary/aromatic N) is 2. The number of hydrogen-bond donors (Lipinski definition) is 1. The highest BCUT2D eigenvalue weighted by molar-refractivity contribution is 7.18. The standard InChI is InChI=1S/C14H12FN3S/c15-10-8-17-6-5-9(10)11(16)7-14-18-12-3-1-2-4-13(12)19-14/h1-6,8,11H,7,16H2. The van der Waals surface area contributed by atoms with Crippen molar-refractivity contribution < 1.29 is 4.39 Å². The molecule has 0 spiro atoms. The first-order chi connectivity index (χ1) is 9.24. The van der Waals surface area contributed by atoms with Crippen LogP contribution in [0.1, 0.15) is 16.6 Å². The Kier molecular flexibility index (Phi) is 3.23. The zero-order valence-corrected chi connectivity index (χ0v) is 10.9. The SMILES string of the molecule is NC(Cc1nc2ccccc2s1)c1ccncc1F. The normalized spacial score (nSPS) is 12.7. The second-order valence-corrected chi connectivity index (χ2v) is 5.40. The largest absolute Gasteiger partial charge is 0.324 e. The molecule has 3 aromatic rings. The van der Waals surface area contributed by atoms with Crippen LogP contribution in [0.15, 0.2) is 42.7 Å². The van der Waals surface area contributed by atoms with Crippen LogP contribution in [0.2, 0.25) is 0 Å². The Bertz CT molecular complexity index is 677. The molecule has 0 aliphatic carbocycles. The lowest BCUT2D eigenvalue weighted by Crippen LogP contribution is -2.15. The average Bonchev–Trinajstić information content (AvgIpc) is 2.81. The first-order valence-corrected chi connectivity index (χ1v) is 6.75. The van der Waals surface area contributed by atoms with Crippen molar-refractivity contribution in [1.29, 1.82) is 0 Å². The summed E-state index contributed by atoms with van der Waals surface area (Å²) in [6.07, 6.45) is 3.27. The molecule has 0 saturated carbocycles. The Labute approximate surface area is 113 Å². The lowest BCUT2D eigenvalue weighted by atomic mass is 10.1. The Morgan fingerprint density at radius 1 is 1.26 bits per heavy atom. The maximum Gasteiger partial charge on any atom is 0.146 e. The van der Waals surface area contributed by atoms with Gasteiger partial charge in [-0.2, -0.15) is 0 Å². The number of benzene rings is 1. The van der Waals surface area contributed by atoms with Crippen molar-refractivity contribution in [3.8, 4) is 0 Å². The zero-order valence-electron chi connectivity index (χ0n) is 10.1. The molecule has 0 amide bonds. The molecule has 0 radical (unpaired) electrons. The monoisotopic (exact) mass is 273 g/mol. The van der Waals surface area contributed by atoms with E-state index < -0.39 is 6.04 Å². The summed E-state index contributed by atoms with van der Waals surface area (Å²) in [5, 5.41) is 0.921. The van der Waals surface area contributed by atoms with Gasteiger partial charge >= 0.3 is 0 Å². The minimum absolute atomic E-state index is 0.365. The molecule has 3 rings (SSSR count). The molecule has 96 valence electrons. The highest BCUT2D eigenvalue weighted by Crippen LogP contribution is 2.25. The predicted octanol–water partition coefficient (Wildman–Crippen LogP) is 3.07. The van der Waals surface area contributed by atoms with Gasteiger partial charge in [-0.3, -0.25) is 4.98 Å². The van der Waals surface area contributed by atoms with Gasteiger partial charge in [0.25, 0.3) is 0 Å². The van der Waals surface area contributed by atoms with Gasteiger partial charge in [0.1, 0.15) is 5.82 Å². The van der Waals surface area contributed by atoms with E-state index in [-0.39, 0.29) is 5.82 Å². The van der Waals surface area contributed by atoms with Crippen molar-refractivity contribution in [2.45, 2.75) is 12.5 Å². The summed E-state index contributed by atoms with van der Waals surface area (Å²) >= 11 is 1.60. The van der Waals surface area contributed by atoms with Gasteiger partial charge in [0, 0.05) is 24.2 Å². The average molecular weight is 273 g/mol. The minimum atomic E-state index is -0.399. The van der Waals surface area contributed by atoms with Crippen LogP contribution in [-0.4, -0.2) is 9.97 Å². The van der Waals surface area contributed by atoms with Crippen molar-refractivity contribution in [1.82, 2.24) is 9.97 Å². The molecule has 2 heterocycles. The molecule has 19 heavy (non-hydrogen) atoms. The van der Waals surface area contributed by atoms with Crippen LogP contribution in [0, 0.1) is 5.82 Å². The second-order valence-electron chi connectivity index (χ2n) is 4.28. The molecule has 0 aliphatic heterocycles. The van der Waals surface area contributed by atoms with Gasteiger partial charge in [-0.15, -0.1) is 11.3 Å². The number of pyridine rings is 1. The molecule has 1 aromatic carbocycles. The highest BCUT2D eigenvalue weighted by atomic mass is 32.1. The Morgan fingerprint density at radius 3 is 2.89 bits per heavy atom. The fraction of sp³-hybridized carbons (Fsp3) is 0.143. The molecule has 5 heteroatoms. The van der Waals surface area contributed by atoms with Gasteiger partial charge in [0.15, 0.2) is 0 Å². The number of thiazole rings is 1. The number of rotatable bonds is 3. The highest BCUT2D eigenvalue weighted by Gasteiger charge is 2.14. The minimum Gasteiger partial charge on any atom is -0.324 e. The molecule has 3 nitrogen and oxygen atoms in total. The number of fused-ring (bicyclic) bond motifs is 1. The molecule has 0 aliphatic rings. The number of para-hydroxylation sites is 1. The number of hydrogen-bond acceptors (Lipinski definition) is 4. The van der Waals surface area contributed by atoms with Crippen molar-refractivity contribution in [2.24, 2.45) is 5.73 Å². The van der Waals surface area contributed by atoms with E-state index in [0.29, 0.717) is 12.0 Å². The summed E-state index contributed by atoms with van der Waals surface area (Å²) in [4.78, 5) is 8.23. The summed E-state index contributed by atoms with van der Waals surface area (Å²) in [7, 11) is 0. The summed E-state index contributed by atoms with van der Waals surface area (Å²) in [6, 6.07) is 9.14.